The molecule has 0 bridgehead atoms. The van der Waals surface area contributed by atoms with Gasteiger partial charge < -0.3 is 0 Å². The van der Waals surface area contributed by atoms with Crippen molar-refractivity contribution >= 4 is 43.1 Å². The Labute approximate surface area is 256 Å². The fourth-order valence-corrected chi connectivity index (χ4v) is 6.93. The van der Waals surface area contributed by atoms with Crippen molar-refractivity contribution in [1.29, 1.82) is 0 Å². The molecule has 0 heterocycles. The summed E-state index contributed by atoms with van der Waals surface area (Å²) in [6.07, 6.45) is 0. The fraction of sp³-hybridized carbons (Fsp3) is 0. The molecule has 9 aromatic rings. The van der Waals surface area contributed by atoms with E-state index in [0.717, 1.165) is 0 Å². The zero-order chi connectivity index (χ0) is 29.0. The largest absolute Gasteiger partial charge is 0.0616 e. The molecular formula is C44H28. The van der Waals surface area contributed by atoms with Crippen molar-refractivity contribution in [2.45, 2.75) is 0 Å². The molecule has 0 saturated carbocycles. The van der Waals surface area contributed by atoms with Crippen LogP contribution in [0.2, 0.25) is 0 Å². The number of hydrogen-bond acceptors (Lipinski definition) is 0. The Balaban J connectivity index is 1.02. The van der Waals surface area contributed by atoms with Crippen LogP contribution in [-0.4, -0.2) is 0 Å². The molecule has 0 aliphatic carbocycles. The third-order valence-electron chi connectivity index (χ3n) is 9.22. The molecule has 44 heavy (non-hydrogen) atoms. The van der Waals surface area contributed by atoms with Gasteiger partial charge in [-0.3, -0.25) is 0 Å². The molecule has 9 aromatic carbocycles. The highest BCUT2D eigenvalue weighted by Gasteiger charge is 2.12. The van der Waals surface area contributed by atoms with Gasteiger partial charge in [-0.25, -0.2) is 0 Å². The molecule has 0 spiro atoms. The highest BCUT2D eigenvalue weighted by atomic mass is 14.2. The van der Waals surface area contributed by atoms with Crippen molar-refractivity contribution in [1.82, 2.24) is 0 Å². The Kier molecular flexibility index (Phi) is 5.61. The summed E-state index contributed by atoms with van der Waals surface area (Å²) in [6.45, 7) is 0. The van der Waals surface area contributed by atoms with Gasteiger partial charge in [-0.1, -0.05) is 158 Å². The van der Waals surface area contributed by atoms with E-state index in [-0.39, 0.29) is 0 Å². The van der Waals surface area contributed by atoms with Crippen molar-refractivity contribution < 1.29 is 0 Å². The van der Waals surface area contributed by atoms with Crippen LogP contribution < -0.4 is 0 Å². The normalized spacial score (nSPS) is 11.6. The average Bonchev–Trinajstić information content (AvgIpc) is 3.10. The molecule has 0 saturated heterocycles. The van der Waals surface area contributed by atoms with Gasteiger partial charge in [0.2, 0.25) is 0 Å². The molecule has 0 heteroatoms. The molecule has 9 rings (SSSR count). The van der Waals surface area contributed by atoms with Crippen molar-refractivity contribution in [2.24, 2.45) is 0 Å². The standard InChI is InChI=1S/C44H28/c1-2-6-37-28-40(22-17-29(37)5-1)39-10-4-9-38(27-39)32-13-11-30(12-14-32)31-15-18-33(19-16-31)41-25-23-36-21-20-34-7-3-8-35-24-26-42(41)44(36)43(34)35/h1-28H. The number of fused-ring (bicyclic) bond motifs is 1. The van der Waals surface area contributed by atoms with Crippen LogP contribution in [0.3, 0.4) is 0 Å². The second-order valence-electron chi connectivity index (χ2n) is 11.8. The van der Waals surface area contributed by atoms with Gasteiger partial charge in [-0.2, -0.15) is 0 Å². The van der Waals surface area contributed by atoms with E-state index in [4.69, 9.17) is 0 Å². The van der Waals surface area contributed by atoms with Crippen LogP contribution in [0.1, 0.15) is 0 Å². The van der Waals surface area contributed by atoms with Crippen LogP contribution in [0.25, 0.3) is 87.6 Å². The molecule has 0 aliphatic rings. The second kappa shape index (κ2) is 9.93. The van der Waals surface area contributed by atoms with Crippen LogP contribution in [0, 0.1) is 0 Å². The molecule has 0 atom stereocenters. The van der Waals surface area contributed by atoms with E-state index in [1.165, 1.54) is 87.6 Å². The Hall–Kier alpha value is -5.72. The van der Waals surface area contributed by atoms with Gasteiger partial charge in [0.25, 0.3) is 0 Å². The lowest BCUT2D eigenvalue weighted by Crippen LogP contribution is -1.87. The van der Waals surface area contributed by atoms with Gasteiger partial charge in [-0.05, 0) is 99.7 Å². The fourth-order valence-electron chi connectivity index (χ4n) is 6.93. The minimum absolute atomic E-state index is 1.22. The van der Waals surface area contributed by atoms with E-state index in [1.54, 1.807) is 0 Å². The molecule has 0 amide bonds. The number of hydrogen-bond donors (Lipinski definition) is 0. The van der Waals surface area contributed by atoms with Crippen LogP contribution in [0.5, 0.6) is 0 Å². The van der Waals surface area contributed by atoms with Crippen molar-refractivity contribution in [3.8, 4) is 44.5 Å². The van der Waals surface area contributed by atoms with Crippen molar-refractivity contribution in [3.63, 3.8) is 0 Å². The first kappa shape index (κ1) is 24.8. The quantitative estimate of drug-likeness (QED) is 0.189. The Bertz CT molecular complexity index is 2450. The average molecular weight is 557 g/mol. The van der Waals surface area contributed by atoms with Gasteiger partial charge >= 0.3 is 0 Å². The van der Waals surface area contributed by atoms with Crippen LogP contribution >= 0.6 is 0 Å². The SMILES string of the molecule is c1cc(-c2ccc(-c3ccc(-c4ccc5ccc6cccc7ccc4c5c67)cc3)cc2)cc(-c2ccc3ccccc3c2)c1. The summed E-state index contributed by atoms with van der Waals surface area (Å²) in [4.78, 5) is 0. The maximum absolute atomic E-state index is 2.30. The first-order valence-electron chi connectivity index (χ1n) is 15.3. The topological polar surface area (TPSA) is 0 Å². The molecule has 0 aliphatic heterocycles. The molecule has 204 valence electrons. The minimum atomic E-state index is 1.22. The maximum atomic E-state index is 2.30. The first-order valence-corrected chi connectivity index (χ1v) is 15.3. The first-order chi connectivity index (χ1) is 21.8. The summed E-state index contributed by atoms with van der Waals surface area (Å²) < 4.78 is 0. The van der Waals surface area contributed by atoms with Gasteiger partial charge in [0.15, 0.2) is 0 Å². The molecule has 0 unspecified atom stereocenters. The Morgan fingerprint density at radius 2 is 0.682 bits per heavy atom. The molecule has 0 fully saturated rings. The maximum Gasteiger partial charge on any atom is -0.00206 e. The third kappa shape index (κ3) is 4.07. The van der Waals surface area contributed by atoms with E-state index in [0.29, 0.717) is 0 Å². The lowest BCUT2D eigenvalue weighted by atomic mass is 9.89. The number of rotatable bonds is 4. The monoisotopic (exact) mass is 556 g/mol. The lowest BCUT2D eigenvalue weighted by Gasteiger charge is -2.14. The van der Waals surface area contributed by atoms with Crippen LogP contribution in [0.4, 0.5) is 0 Å². The van der Waals surface area contributed by atoms with Gasteiger partial charge in [0.1, 0.15) is 0 Å². The van der Waals surface area contributed by atoms with E-state index < -0.39 is 0 Å². The van der Waals surface area contributed by atoms with Gasteiger partial charge in [0.05, 0.1) is 0 Å². The zero-order valence-corrected chi connectivity index (χ0v) is 24.2. The van der Waals surface area contributed by atoms with E-state index in [1.807, 2.05) is 0 Å². The van der Waals surface area contributed by atoms with Crippen molar-refractivity contribution in [2.75, 3.05) is 0 Å². The zero-order valence-electron chi connectivity index (χ0n) is 24.2. The predicted molar refractivity (Wildman–Crippen MR) is 189 cm³/mol. The summed E-state index contributed by atoms with van der Waals surface area (Å²) >= 11 is 0. The highest BCUT2D eigenvalue weighted by molar-refractivity contribution is 6.25. The Morgan fingerprint density at radius 3 is 1.41 bits per heavy atom. The summed E-state index contributed by atoms with van der Waals surface area (Å²) in [5.41, 5.74) is 9.90. The lowest BCUT2D eigenvalue weighted by molar-refractivity contribution is 1.58. The third-order valence-corrected chi connectivity index (χ3v) is 9.22. The summed E-state index contributed by atoms with van der Waals surface area (Å²) in [7, 11) is 0. The molecule has 0 N–H and O–H groups in total. The summed E-state index contributed by atoms with van der Waals surface area (Å²) in [5, 5.41) is 10.5. The summed E-state index contributed by atoms with van der Waals surface area (Å²) in [5.74, 6) is 0. The second-order valence-corrected chi connectivity index (χ2v) is 11.8. The minimum Gasteiger partial charge on any atom is -0.0616 e. The molecular weight excluding hydrogens is 528 g/mol. The van der Waals surface area contributed by atoms with E-state index in [2.05, 4.69) is 170 Å². The number of benzene rings is 9. The Morgan fingerprint density at radius 1 is 0.227 bits per heavy atom. The molecule has 0 radical (unpaired) electrons. The molecule has 0 aromatic heterocycles. The van der Waals surface area contributed by atoms with E-state index >= 15 is 0 Å². The van der Waals surface area contributed by atoms with Gasteiger partial charge in [0, 0.05) is 0 Å². The smallest absolute Gasteiger partial charge is 0.00206 e. The van der Waals surface area contributed by atoms with Crippen LogP contribution in [-0.2, 0) is 0 Å². The van der Waals surface area contributed by atoms with Crippen molar-refractivity contribution in [3.05, 3.63) is 170 Å². The highest BCUT2D eigenvalue weighted by Crippen LogP contribution is 2.39. The van der Waals surface area contributed by atoms with Gasteiger partial charge in [-0.15, -0.1) is 0 Å². The predicted octanol–water partition coefficient (Wildman–Crippen LogP) is 12.4. The van der Waals surface area contributed by atoms with Crippen LogP contribution in [0.15, 0.2) is 170 Å². The molecule has 0 nitrogen and oxygen atoms in total. The van der Waals surface area contributed by atoms with E-state index in [9.17, 15) is 0 Å². The summed E-state index contributed by atoms with van der Waals surface area (Å²) in [6, 6.07) is 62.3.